The lowest BCUT2D eigenvalue weighted by atomic mass is 10.1. The van der Waals surface area contributed by atoms with Crippen molar-refractivity contribution in [3.05, 3.63) is 41.2 Å². The minimum absolute atomic E-state index is 0. The Morgan fingerprint density at radius 2 is 2.25 bits per heavy atom. The molecule has 9 heteroatoms. The van der Waals surface area contributed by atoms with Gasteiger partial charge in [-0.15, -0.1) is 0 Å². The number of aromatic nitrogens is 2. The van der Waals surface area contributed by atoms with E-state index in [2.05, 4.69) is 10.2 Å². The number of halogens is 1. The fourth-order valence-corrected chi connectivity index (χ4v) is 2.94. The third-order valence-corrected chi connectivity index (χ3v) is 4.36. The second kappa shape index (κ2) is 9.36. The van der Waals surface area contributed by atoms with Crippen LogP contribution in [0.3, 0.4) is 0 Å². The Balaban J connectivity index is 0.00000280. The molecular formula is C19H22ClN3O5. The molecule has 0 saturated heterocycles. The summed E-state index contributed by atoms with van der Waals surface area (Å²) in [7, 11) is 0. The van der Waals surface area contributed by atoms with E-state index in [0.29, 0.717) is 29.3 Å². The van der Waals surface area contributed by atoms with E-state index in [9.17, 15) is 9.59 Å². The van der Waals surface area contributed by atoms with Gasteiger partial charge in [-0.05, 0) is 24.6 Å². The summed E-state index contributed by atoms with van der Waals surface area (Å²) in [5.41, 5.74) is 1.10. The normalized spacial score (nSPS) is 13.8. The molecular weight excluding hydrogens is 386 g/mol. The lowest BCUT2D eigenvalue weighted by Crippen LogP contribution is -2.40. The summed E-state index contributed by atoms with van der Waals surface area (Å²) in [6.07, 6.45) is 1.71. The highest BCUT2D eigenvalue weighted by Gasteiger charge is 2.28. The van der Waals surface area contributed by atoms with E-state index in [0.717, 1.165) is 0 Å². The van der Waals surface area contributed by atoms with Gasteiger partial charge >= 0.3 is 5.97 Å². The lowest BCUT2D eigenvalue weighted by Gasteiger charge is -2.30. The molecule has 1 aromatic carbocycles. The van der Waals surface area contributed by atoms with Gasteiger partial charge < -0.3 is 19.5 Å². The molecule has 1 aliphatic heterocycles. The number of amides is 1. The van der Waals surface area contributed by atoms with Crippen molar-refractivity contribution in [2.24, 2.45) is 0 Å². The molecule has 1 amide bonds. The Bertz CT molecular complexity index is 847. The van der Waals surface area contributed by atoms with Gasteiger partial charge in [0.2, 0.25) is 0 Å². The number of fused-ring (bicyclic) bond motifs is 1. The van der Waals surface area contributed by atoms with Crippen LogP contribution in [0.1, 0.15) is 39.0 Å². The summed E-state index contributed by atoms with van der Waals surface area (Å²) in [6, 6.07) is 6.75. The molecule has 8 nitrogen and oxygen atoms in total. The largest absolute Gasteiger partial charge is 0.482 e. The molecule has 3 rings (SSSR count). The Morgan fingerprint density at radius 1 is 1.46 bits per heavy atom. The quantitative estimate of drug-likeness (QED) is 0.749. The van der Waals surface area contributed by atoms with Crippen LogP contribution in [0.5, 0.6) is 11.5 Å². The van der Waals surface area contributed by atoms with Gasteiger partial charge in [-0.1, -0.05) is 26.0 Å². The number of nitrogens with zero attached hydrogens (tertiary/aromatic N) is 3. The predicted octanol–water partition coefficient (Wildman–Crippen LogP) is 3.50. The molecule has 1 aliphatic rings. The van der Waals surface area contributed by atoms with Crippen molar-refractivity contribution in [2.75, 3.05) is 18.1 Å². The highest BCUT2D eigenvalue weighted by molar-refractivity contribution is 6.32. The van der Waals surface area contributed by atoms with Crippen molar-refractivity contribution in [1.29, 1.82) is 0 Å². The summed E-state index contributed by atoms with van der Waals surface area (Å²) in [5, 5.41) is 17.1. The highest BCUT2D eigenvalue weighted by atomic mass is 35.5. The van der Waals surface area contributed by atoms with Crippen LogP contribution in [0, 0.1) is 0 Å². The van der Waals surface area contributed by atoms with Crippen molar-refractivity contribution in [3.8, 4) is 11.5 Å². The number of benzene rings is 1. The lowest BCUT2D eigenvalue weighted by molar-refractivity contribution is -0.136. The topological polar surface area (TPSA) is 102 Å². The Kier molecular flexibility index (Phi) is 7.17. The van der Waals surface area contributed by atoms with Gasteiger partial charge in [0.05, 0.1) is 17.1 Å². The first kappa shape index (κ1) is 21.4. The third-order valence-electron chi connectivity index (χ3n) is 4.07. The molecule has 0 radical (unpaired) electrons. The van der Waals surface area contributed by atoms with Gasteiger partial charge in [0, 0.05) is 18.8 Å². The van der Waals surface area contributed by atoms with Crippen LogP contribution in [0.2, 0.25) is 5.02 Å². The number of carboxylic acids is 1. The molecule has 1 aromatic heterocycles. The van der Waals surface area contributed by atoms with Crippen molar-refractivity contribution in [2.45, 2.75) is 33.3 Å². The van der Waals surface area contributed by atoms with E-state index in [1.54, 1.807) is 24.4 Å². The molecule has 1 atom stereocenters. The maximum atomic E-state index is 12.1. The zero-order valence-corrected chi connectivity index (χ0v) is 15.3. The summed E-state index contributed by atoms with van der Waals surface area (Å²) in [6.45, 7) is 1.82. The minimum Gasteiger partial charge on any atom is -0.482 e. The molecule has 0 aliphatic carbocycles. The standard InChI is InChI=1S/C18H18ClN3O5.CH4/c1-2-14(12-4-3-6-20-21-12)27-15-9-16-13(8-11(15)19)22(7-5-18(24)25)17(23)10-26-16;/h3-4,6,8-9,14H,2,5,7,10H2,1H3,(H,24,25);1H4/t14-;/m0./s1. The molecule has 2 aromatic rings. The van der Waals surface area contributed by atoms with Crippen molar-refractivity contribution in [1.82, 2.24) is 10.2 Å². The van der Waals surface area contributed by atoms with E-state index < -0.39 is 5.97 Å². The maximum Gasteiger partial charge on any atom is 0.305 e. The first-order chi connectivity index (χ1) is 13.0. The van der Waals surface area contributed by atoms with Crippen molar-refractivity contribution < 1.29 is 24.2 Å². The van der Waals surface area contributed by atoms with Gasteiger partial charge in [-0.25, -0.2) is 0 Å². The first-order valence-corrected chi connectivity index (χ1v) is 8.80. The van der Waals surface area contributed by atoms with Crippen LogP contribution in [-0.2, 0) is 9.59 Å². The molecule has 0 fully saturated rings. The average molecular weight is 408 g/mol. The van der Waals surface area contributed by atoms with Gasteiger partial charge in [0.25, 0.3) is 5.91 Å². The summed E-state index contributed by atoms with van der Waals surface area (Å²) in [4.78, 5) is 24.3. The third kappa shape index (κ3) is 4.69. The fraction of sp³-hybridized carbons (Fsp3) is 0.368. The summed E-state index contributed by atoms with van der Waals surface area (Å²) < 4.78 is 11.5. The van der Waals surface area contributed by atoms with E-state index in [1.165, 1.54) is 4.90 Å². The Morgan fingerprint density at radius 3 is 2.89 bits per heavy atom. The van der Waals surface area contributed by atoms with Gasteiger partial charge in [-0.3, -0.25) is 9.59 Å². The summed E-state index contributed by atoms with van der Waals surface area (Å²) in [5.74, 6) is -0.509. The zero-order valence-electron chi connectivity index (χ0n) is 14.6. The Hall–Kier alpha value is -2.87. The number of hydrogen-bond donors (Lipinski definition) is 1. The van der Waals surface area contributed by atoms with Gasteiger partial charge in [0.15, 0.2) is 6.61 Å². The average Bonchev–Trinajstić information content (AvgIpc) is 2.66. The molecule has 0 spiro atoms. The summed E-state index contributed by atoms with van der Waals surface area (Å²) >= 11 is 6.35. The highest BCUT2D eigenvalue weighted by Crippen LogP contribution is 2.41. The van der Waals surface area contributed by atoms with Crippen LogP contribution in [-0.4, -0.2) is 40.3 Å². The second-order valence-corrected chi connectivity index (χ2v) is 6.30. The van der Waals surface area contributed by atoms with Crippen LogP contribution in [0.4, 0.5) is 5.69 Å². The number of carbonyl (C=O) groups excluding carboxylic acids is 1. The molecule has 0 saturated carbocycles. The number of rotatable bonds is 7. The van der Waals surface area contributed by atoms with Crippen LogP contribution in [0.25, 0.3) is 0 Å². The van der Waals surface area contributed by atoms with Gasteiger partial charge in [-0.2, -0.15) is 10.2 Å². The second-order valence-electron chi connectivity index (χ2n) is 5.89. The molecule has 0 unspecified atom stereocenters. The molecule has 28 heavy (non-hydrogen) atoms. The molecule has 1 N–H and O–H groups in total. The van der Waals surface area contributed by atoms with Crippen LogP contribution in [0.15, 0.2) is 30.5 Å². The number of ether oxygens (including phenoxy) is 2. The zero-order chi connectivity index (χ0) is 19.4. The van der Waals surface area contributed by atoms with Crippen LogP contribution >= 0.6 is 11.6 Å². The van der Waals surface area contributed by atoms with E-state index >= 15 is 0 Å². The van der Waals surface area contributed by atoms with Crippen molar-refractivity contribution in [3.63, 3.8) is 0 Å². The molecule has 150 valence electrons. The predicted molar refractivity (Wildman–Crippen MR) is 104 cm³/mol. The van der Waals surface area contributed by atoms with Crippen LogP contribution < -0.4 is 14.4 Å². The minimum atomic E-state index is -0.989. The van der Waals surface area contributed by atoms with E-state index in [1.807, 2.05) is 13.0 Å². The molecule has 0 bridgehead atoms. The van der Waals surface area contributed by atoms with E-state index in [4.69, 9.17) is 26.2 Å². The number of carbonyl (C=O) groups is 2. The number of hydrogen-bond acceptors (Lipinski definition) is 6. The SMILES string of the molecule is C.CC[C@H](Oc1cc2c(cc1Cl)N(CCC(=O)O)C(=O)CO2)c1cccnn1. The van der Waals surface area contributed by atoms with E-state index in [-0.39, 0.29) is 44.0 Å². The fourth-order valence-electron chi connectivity index (χ4n) is 2.74. The Labute approximate surface area is 168 Å². The number of anilines is 1. The monoisotopic (exact) mass is 407 g/mol. The van der Waals surface area contributed by atoms with Gasteiger partial charge in [0.1, 0.15) is 23.3 Å². The first-order valence-electron chi connectivity index (χ1n) is 8.42. The van der Waals surface area contributed by atoms with Crippen molar-refractivity contribution >= 4 is 29.2 Å². The number of carboxylic acid groups (broad SMARTS) is 1. The number of aliphatic carboxylic acids is 1. The molecule has 2 heterocycles. The maximum absolute atomic E-state index is 12.1. The smallest absolute Gasteiger partial charge is 0.305 e.